The molecule has 18 heavy (non-hydrogen) atoms. The van der Waals surface area contributed by atoms with Crippen LogP contribution < -0.4 is 0 Å². The minimum atomic E-state index is -1.49. The molecule has 0 amide bonds. The molecule has 1 fully saturated rings. The third-order valence-corrected chi connectivity index (χ3v) is 2.86. The summed E-state index contributed by atoms with van der Waals surface area (Å²) < 4.78 is 10.4. The van der Waals surface area contributed by atoms with Gasteiger partial charge in [0.1, 0.15) is 30.5 Å². The van der Waals surface area contributed by atoms with Crippen LogP contribution in [0.15, 0.2) is 0 Å². The Morgan fingerprint density at radius 3 is 2.28 bits per heavy atom. The molecule has 1 saturated heterocycles. The summed E-state index contributed by atoms with van der Waals surface area (Å²) in [6, 6.07) is 1.91. The van der Waals surface area contributed by atoms with Crippen LogP contribution in [0.1, 0.15) is 13.8 Å². The molecule has 0 radical (unpaired) electrons. The fraction of sp³-hybridized carbons (Fsp3) is 0.909. The molecule has 1 heterocycles. The zero-order valence-corrected chi connectivity index (χ0v) is 10.3. The van der Waals surface area contributed by atoms with Crippen LogP contribution in [0.25, 0.3) is 0 Å². The highest BCUT2D eigenvalue weighted by atomic mass is 16.7. The van der Waals surface area contributed by atoms with E-state index in [9.17, 15) is 15.3 Å². The number of aliphatic hydroxyl groups is 4. The molecule has 7 heteroatoms. The highest BCUT2D eigenvalue weighted by molar-refractivity contribution is 4.92. The summed E-state index contributed by atoms with van der Waals surface area (Å²) in [5.74, 6) is -0.123. The molecule has 0 bridgehead atoms. The van der Waals surface area contributed by atoms with Crippen LogP contribution in [0.2, 0.25) is 0 Å². The summed E-state index contributed by atoms with van der Waals surface area (Å²) in [5.41, 5.74) is 0. The van der Waals surface area contributed by atoms with Crippen molar-refractivity contribution in [3.8, 4) is 6.07 Å². The molecule has 0 aliphatic carbocycles. The van der Waals surface area contributed by atoms with Crippen LogP contribution in [0.5, 0.6) is 0 Å². The molecule has 7 nitrogen and oxygen atoms in total. The third kappa shape index (κ3) is 3.17. The van der Waals surface area contributed by atoms with Crippen LogP contribution >= 0.6 is 0 Å². The Kier molecular flexibility index (Phi) is 5.47. The Balaban J connectivity index is 2.73. The van der Waals surface area contributed by atoms with Gasteiger partial charge >= 0.3 is 0 Å². The van der Waals surface area contributed by atoms with Crippen molar-refractivity contribution in [2.24, 2.45) is 5.92 Å². The lowest BCUT2D eigenvalue weighted by Gasteiger charge is -2.40. The molecule has 1 rings (SSSR count). The van der Waals surface area contributed by atoms with Gasteiger partial charge in [-0.2, -0.15) is 5.26 Å². The van der Waals surface area contributed by atoms with Gasteiger partial charge in [0.2, 0.25) is 0 Å². The van der Waals surface area contributed by atoms with E-state index in [2.05, 4.69) is 0 Å². The van der Waals surface area contributed by atoms with E-state index >= 15 is 0 Å². The fourth-order valence-corrected chi connectivity index (χ4v) is 1.66. The number of ether oxygens (including phenoxy) is 2. The van der Waals surface area contributed by atoms with Gasteiger partial charge in [0.05, 0.1) is 12.7 Å². The van der Waals surface area contributed by atoms with Gasteiger partial charge in [0, 0.05) is 0 Å². The Labute approximate surface area is 105 Å². The molecule has 0 aromatic rings. The first-order valence-electron chi connectivity index (χ1n) is 5.78. The van der Waals surface area contributed by atoms with Crippen LogP contribution in [0.4, 0.5) is 0 Å². The zero-order valence-electron chi connectivity index (χ0n) is 10.3. The molecule has 1 aliphatic rings. The molecule has 4 N–H and O–H groups in total. The van der Waals surface area contributed by atoms with Crippen molar-refractivity contribution in [2.45, 2.75) is 50.7 Å². The average molecular weight is 261 g/mol. The van der Waals surface area contributed by atoms with Crippen molar-refractivity contribution < 1.29 is 29.9 Å². The first kappa shape index (κ1) is 15.3. The van der Waals surface area contributed by atoms with Gasteiger partial charge in [0.15, 0.2) is 6.29 Å². The summed E-state index contributed by atoms with van der Waals surface area (Å²) in [4.78, 5) is 0. The summed E-state index contributed by atoms with van der Waals surface area (Å²) in [7, 11) is 0. The first-order valence-corrected chi connectivity index (χ1v) is 5.78. The molecule has 1 aliphatic heterocycles. The van der Waals surface area contributed by atoms with Gasteiger partial charge in [-0.25, -0.2) is 0 Å². The van der Waals surface area contributed by atoms with Gasteiger partial charge < -0.3 is 29.9 Å². The van der Waals surface area contributed by atoms with Gasteiger partial charge in [0.25, 0.3) is 0 Å². The van der Waals surface area contributed by atoms with Crippen LogP contribution in [-0.4, -0.2) is 63.8 Å². The normalized spacial score (nSPS) is 38.4. The first-order chi connectivity index (χ1) is 8.42. The molecule has 0 spiro atoms. The van der Waals surface area contributed by atoms with Crippen LogP contribution in [0, 0.1) is 17.2 Å². The monoisotopic (exact) mass is 261 g/mol. The number of rotatable bonds is 4. The second kappa shape index (κ2) is 6.43. The molecule has 0 aromatic heterocycles. The lowest BCUT2D eigenvalue weighted by molar-refractivity contribution is -0.309. The lowest BCUT2D eigenvalue weighted by Crippen LogP contribution is -2.59. The molecular formula is C11H19NO6. The van der Waals surface area contributed by atoms with E-state index in [1.807, 2.05) is 6.07 Å². The third-order valence-electron chi connectivity index (χ3n) is 2.86. The summed E-state index contributed by atoms with van der Waals surface area (Å²) in [6.07, 6.45) is -7.49. The molecular weight excluding hydrogens is 242 g/mol. The van der Waals surface area contributed by atoms with E-state index in [-0.39, 0.29) is 5.92 Å². The van der Waals surface area contributed by atoms with Crippen molar-refractivity contribution in [3.63, 3.8) is 0 Å². The average Bonchev–Trinajstić information content (AvgIpc) is 2.35. The maximum absolute atomic E-state index is 9.70. The number of hydrogen-bond donors (Lipinski definition) is 4. The van der Waals surface area contributed by atoms with Crippen molar-refractivity contribution in [2.75, 3.05) is 6.61 Å². The van der Waals surface area contributed by atoms with E-state index in [0.717, 1.165) is 0 Å². The summed E-state index contributed by atoms with van der Waals surface area (Å²) in [6.45, 7) is 3.00. The maximum atomic E-state index is 9.70. The molecule has 6 atom stereocenters. The van der Waals surface area contributed by atoms with Crippen molar-refractivity contribution >= 4 is 0 Å². The van der Waals surface area contributed by atoms with E-state index in [1.165, 1.54) is 0 Å². The van der Waals surface area contributed by atoms with Gasteiger partial charge in [-0.05, 0) is 5.92 Å². The Morgan fingerprint density at radius 2 is 1.83 bits per heavy atom. The number of aliphatic hydroxyl groups excluding tert-OH is 4. The van der Waals surface area contributed by atoms with E-state index < -0.39 is 43.4 Å². The fourth-order valence-electron chi connectivity index (χ4n) is 1.66. The second-order valence-corrected chi connectivity index (χ2v) is 4.63. The number of hydrogen-bond acceptors (Lipinski definition) is 7. The minimum Gasteiger partial charge on any atom is -0.394 e. The predicted octanol–water partition coefficient (Wildman–Crippen LogP) is -1.65. The van der Waals surface area contributed by atoms with Crippen molar-refractivity contribution in [1.82, 2.24) is 0 Å². The smallest absolute Gasteiger partial charge is 0.188 e. The van der Waals surface area contributed by atoms with Gasteiger partial charge in [-0.3, -0.25) is 0 Å². The lowest BCUT2D eigenvalue weighted by atomic mass is 9.99. The predicted molar refractivity (Wildman–Crippen MR) is 59.1 cm³/mol. The Morgan fingerprint density at radius 1 is 1.22 bits per heavy atom. The Hall–Kier alpha value is -0.750. The van der Waals surface area contributed by atoms with Crippen LogP contribution in [0.3, 0.4) is 0 Å². The molecule has 0 unspecified atom stereocenters. The second-order valence-electron chi connectivity index (χ2n) is 4.63. The van der Waals surface area contributed by atoms with Crippen LogP contribution in [-0.2, 0) is 9.47 Å². The van der Waals surface area contributed by atoms with E-state index in [1.54, 1.807) is 13.8 Å². The van der Waals surface area contributed by atoms with Crippen molar-refractivity contribution in [1.29, 1.82) is 5.26 Å². The van der Waals surface area contributed by atoms with Crippen molar-refractivity contribution in [3.05, 3.63) is 0 Å². The van der Waals surface area contributed by atoms with E-state index in [4.69, 9.17) is 19.8 Å². The topological polar surface area (TPSA) is 123 Å². The van der Waals surface area contributed by atoms with E-state index in [0.29, 0.717) is 0 Å². The zero-order chi connectivity index (χ0) is 13.9. The van der Waals surface area contributed by atoms with Gasteiger partial charge in [-0.1, -0.05) is 13.8 Å². The quantitative estimate of drug-likeness (QED) is 0.478. The Bertz CT molecular complexity index is 302. The number of nitriles is 1. The minimum absolute atomic E-state index is 0.123. The molecule has 104 valence electrons. The summed E-state index contributed by atoms with van der Waals surface area (Å²) >= 11 is 0. The maximum Gasteiger partial charge on any atom is 0.188 e. The summed E-state index contributed by atoms with van der Waals surface area (Å²) in [5, 5.41) is 46.7. The standard InChI is InChI=1S/C11H19NO6/c1-5(2)6(3-12)17-11-10(16)9(15)8(14)7(4-13)18-11/h5-11,13-16H,4H2,1-2H3/t6-,7+,8-,9-,10+,11+/m0/s1. The molecule has 0 aromatic carbocycles. The SMILES string of the molecule is CC(C)[C@H](C#N)O[C@@H]1O[C@H](CO)[C@H](O)[C@H](O)[C@H]1O. The van der Waals surface area contributed by atoms with Gasteiger partial charge in [-0.15, -0.1) is 0 Å². The number of nitrogens with zero attached hydrogens (tertiary/aromatic N) is 1. The molecule has 0 saturated carbocycles. The highest BCUT2D eigenvalue weighted by Gasteiger charge is 2.45. The highest BCUT2D eigenvalue weighted by Crippen LogP contribution is 2.24. The largest absolute Gasteiger partial charge is 0.394 e.